The largest absolute Gasteiger partial charge is 0.493 e. The molecule has 0 atom stereocenters. The second kappa shape index (κ2) is 10.2. The van der Waals surface area contributed by atoms with Crippen molar-refractivity contribution in [3.63, 3.8) is 0 Å². The molecule has 0 unspecified atom stereocenters. The van der Waals surface area contributed by atoms with Crippen molar-refractivity contribution in [1.29, 1.82) is 0 Å². The van der Waals surface area contributed by atoms with E-state index in [-0.39, 0.29) is 0 Å². The third-order valence-electron chi connectivity index (χ3n) is 4.20. The molecular weight excluding hydrogens is 360 g/mol. The monoisotopic (exact) mass is 390 g/mol. The van der Waals surface area contributed by atoms with Crippen LogP contribution in [0.1, 0.15) is 27.9 Å². The SMILES string of the molecule is CCNC(=NCCc1ncc(C)s1)N(C)Cc1cc(OC)c(OC)cc1C. The molecule has 0 saturated carbocycles. The molecule has 0 aliphatic rings. The minimum Gasteiger partial charge on any atom is -0.493 e. The number of hydrogen-bond acceptors (Lipinski definition) is 5. The van der Waals surface area contributed by atoms with Gasteiger partial charge in [-0.25, -0.2) is 4.98 Å². The molecular formula is C20H30N4O2S. The van der Waals surface area contributed by atoms with Gasteiger partial charge in [0, 0.05) is 44.2 Å². The van der Waals surface area contributed by atoms with Gasteiger partial charge in [0.05, 0.1) is 19.2 Å². The number of aromatic nitrogens is 1. The van der Waals surface area contributed by atoms with Crippen LogP contribution in [-0.2, 0) is 13.0 Å². The van der Waals surface area contributed by atoms with Crippen LogP contribution in [-0.4, -0.2) is 50.2 Å². The lowest BCUT2D eigenvalue weighted by atomic mass is 10.1. The van der Waals surface area contributed by atoms with Crippen LogP contribution in [0.4, 0.5) is 0 Å². The summed E-state index contributed by atoms with van der Waals surface area (Å²) in [5.41, 5.74) is 2.34. The number of nitrogens with one attached hydrogen (secondary N) is 1. The minimum absolute atomic E-state index is 0.713. The fourth-order valence-electron chi connectivity index (χ4n) is 2.77. The van der Waals surface area contributed by atoms with E-state index in [2.05, 4.69) is 36.0 Å². The van der Waals surface area contributed by atoms with E-state index in [0.29, 0.717) is 6.54 Å². The minimum atomic E-state index is 0.713. The zero-order valence-corrected chi connectivity index (χ0v) is 17.9. The third-order valence-corrected chi connectivity index (χ3v) is 5.18. The van der Waals surface area contributed by atoms with Crippen molar-refractivity contribution in [2.24, 2.45) is 4.99 Å². The predicted molar refractivity (Wildman–Crippen MR) is 112 cm³/mol. The molecule has 1 N–H and O–H groups in total. The van der Waals surface area contributed by atoms with Crippen LogP contribution in [0.3, 0.4) is 0 Å². The summed E-state index contributed by atoms with van der Waals surface area (Å²) < 4.78 is 10.8. The molecule has 0 aliphatic heterocycles. The van der Waals surface area contributed by atoms with E-state index in [0.717, 1.165) is 47.5 Å². The second-order valence-electron chi connectivity index (χ2n) is 6.34. The van der Waals surface area contributed by atoms with Crippen LogP contribution in [0.2, 0.25) is 0 Å². The number of aliphatic imine (C=N–C) groups is 1. The molecule has 1 heterocycles. The van der Waals surface area contributed by atoms with Gasteiger partial charge in [-0.1, -0.05) is 0 Å². The van der Waals surface area contributed by atoms with Gasteiger partial charge in [0.1, 0.15) is 0 Å². The van der Waals surface area contributed by atoms with Gasteiger partial charge >= 0.3 is 0 Å². The van der Waals surface area contributed by atoms with E-state index in [1.807, 2.05) is 25.4 Å². The second-order valence-corrected chi connectivity index (χ2v) is 7.66. The Labute approximate surface area is 166 Å². The lowest BCUT2D eigenvalue weighted by molar-refractivity contribution is 0.353. The quantitative estimate of drug-likeness (QED) is 0.553. The maximum Gasteiger partial charge on any atom is 0.193 e. The Kier molecular flexibility index (Phi) is 7.91. The molecule has 0 fully saturated rings. The van der Waals surface area contributed by atoms with Gasteiger partial charge in [-0.3, -0.25) is 4.99 Å². The zero-order valence-electron chi connectivity index (χ0n) is 17.1. The average molecular weight is 391 g/mol. The van der Waals surface area contributed by atoms with Gasteiger partial charge < -0.3 is 19.7 Å². The molecule has 2 rings (SSSR count). The maximum absolute atomic E-state index is 5.44. The number of guanidine groups is 1. The normalized spacial score (nSPS) is 11.4. The smallest absolute Gasteiger partial charge is 0.193 e. The summed E-state index contributed by atoms with van der Waals surface area (Å²) in [6.07, 6.45) is 2.78. The van der Waals surface area contributed by atoms with Crippen molar-refractivity contribution < 1.29 is 9.47 Å². The van der Waals surface area contributed by atoms with Crippen molar-refractivity contribution in [2.45, 2.75) is 33.7 Å². The molecule has 148 valence electrons. The fraction of sp³-hybridized carbons (Fsp3) is 0.500. The van der Waals surface area contributed by atoms with E-state index < -0.39 is 0 Å². The molecule has 2 aromatic rings. The van der Waals surface area contributed by atoms with E-state index >= 15 is 0 Å². The number of hydrogen-bond donors (Lipinski definition) is 1. The summed E-state index contributed by atoms with van der Waals surface area (Å²) >= 11 is 1.73. The van der Waals surface area contributed by atoms with Crippen molar-refractivity contribution >= 4 is 17.3 Å². The topological polar surface area (TPSA) is 59.0 Å². The van der Waals surface area contributed by atoms with Gasteiger partial charge in [0.25, 0.3) is 0 Å². The van der Waals surface area contributed by atoms with Gasteiger partial charge in [-0.2, -0.15) is 0 Å². The molecule has 0 saturated heterocycles. The van der Waals surface area contributed by atoms with E-state index in [1.54, 1.807) is 25.6 Å². The summed E-state index contributed by atoms with van der Waals surface area (Å²) in [5.74, 6) is 2.38. The zero-order chi connectivity index (χ0) is 19.8. The number of methoxy groups -OCH3 is 2. The Bertz CT molecular complexity index is 773. The number of rotatable bonds is 8. The van der Waals surface area contributed by atoms with Crippen molar-refractivity contribution in [2.75, 3.05) is 34.4 Å². The molecule has 7 heteroatoms. The Balaban J connectivity index is 2.09. The first kappa shape index (κ1) is 21.0. The lowest BCUT2D eigenvalue weighted by Gasteiger charge is -2.23. The van der Waals surface area contributed by atoms with Gasteiger partial charge in [-0.15, -0.1) is 11.3 Å². The summed E-state index contributed by atoms with van der Waals surface area (Å²) in [6.45, 7) is 8.51. The number of aryl methyl sites for hydroxylation is 2. The summed E-state index contributed by atoms with van der Waals surface area (Å²) in [6, 6.07) is 4.05. The van der Waals surface area contributed by atoms with Crippen LogP contribution < -0.4 is 14.8 Å². The fourth-order valence-corrected chi connectivity index (χ4v) is 3.54. The van der Waals surface area contributed by atoms with E-state index in [1.165, 1.54) is 10.4 Å². The van der Waals surface area contributed by atoms with Crippen LogP contribution in [0.15, 0.2) is 23.3 Å². The van der Waals surface area contributed by atoms with Crippen molar-refractivity contribution in [1.82, 2.24) is 15.2 Å². The Morgan fingerprint density at radius 2 is 1.93 bits per heavy atom. The Morgan fingerprint density at radius 1 is 1.22 bits per heavy atom. The first-order chi connectivity index (χ1) is 13.0. The number of benzene rings is 1. The standard InChI is InChI=1S/C20H30N4O2S/c1-7-21-20(22-9-8-19-23-12-15(3)27-19)24(4)13-16-11-18(26-6)17(25-5)10-14(16)2/h10-12H,7-9,13H2,1-6H3,(H,21,22). The van der Waals surface area contributed by atoms with Crippen LogP contribution >= 0.6 is 11.3 Å². The first-order valence-electron chi connectivity index (χ1n) is 9.10. The first-order valence-corrected chi connectivity index (χ1v) is 9.92. The molecule has 1 aromatic carbocycles. The van der Waals surface area contributed by atoms with E-state index in [4.69, 9.17) is 14.5 Å². The Morgan fingerprint density at radius 3 is 2.52 bits per heavy atom. The molecule has 6 nitrogen and oxygen atoms in total. The van der Waals surface area contributed by atoms with Crippen molar-refractivity contribution in [3.05, 3.63) is 39.3 Å². The highest BCUT2D eigenvalue weighted by atomic mass is 32.1. The molecule has 0 spiro atoms. The highest BCUT2D eigenvalue weighted by Gasteiger charge is 2.12. The van der Waals surface area contributed by atoms with Crippen LogP contribution in [0.5, 0.6) is 11.5 Å². The molecule has 0 bridgehead atoms. The van der Waals surface area contributed by atoms with Gasteiger partial charge in [0.2, 0.25) is 0 Å². The highest BCUT2D eigenvalue weighted by molar-refractivity contribution is 7.11. The van der Waals surface area contributed by atoms with Crippen LogP contribution in [0, 0.1) is 13.8 Å². The van der Waals surface area contributed by atoms with Gasteiger partial charge in [0.15, 0.2) is 17.5 Å². The van der Waals surface area contributed by atoms with Crippen LogP contribution in [0.25, 0.3) is 0 Å². The molecule has 0 aliphatic carbocycles. The summed E-state index contributed by atoms with van der Waals surface area (Å²) in [7, 11) is 5.36. The van der Waals surface area contributed by atoms with E-state index in [9.17, 15) is 0 Å². The highest BCUT2D eigenvalue weighted by Crippen LogP contribution is 2.30. The average Bonchev–Trinajstić information content (AvgIpc) is 3.07. The van der Waals surface area contributed by atoms with Gasteiger partial charge in [-0.05, 0) is 44.0 Å². The van der Waals surface area contributed by atoms with Crippen molar-refractivity contribution in [3.8, 4) is 11.5 Å². The molecule has 0 radical (unpaired) electrons. The number of nitrogens with zero attached hydrogens (tertiary/aromatic N) is 3. The predicted octanol–water partition coefficient (Wildman–Crippen LogP) is 3.42. The summed E-state index contributed by atoms with van der Waals surface area (Å²) in [5, 5.41) is 4.50. The number of thiazole rings is 1. The summed E-state index contributed by atoms with van der Waals surface area (Å²) in [4.78, 5) is 12.5. The molecule has 0 amide bonds. The maximum atomic E-state index is 5.44. The molecule has 1 aromatic heterocycles. The molecule has 27 heavy (non-hydrogen) atoms. The lowest BCUT2D eigenvalue weighted by Crippen LogP contribution is -2.38. The third kappa shape index (κ3) is 5.85. The Hall–Kier alpha value is -2.28. The number of ether oxygens (including phenoxy) is 2.